The van der Waals surface area contributed by atoms with Crippen molar-refractivity contribution in [2.24, 2.45) is 5.92 Å². The van der Waals surface area contributed by atoms with Crippen molar-refractivity contribution in [3.8, 4) is 0 Å². The van der Waals surface area contributed by atoms with Gasteiger partial charge in [-0.2, -0.15) is 0 Å². The van der Waals surface area contributed by atoms with Gasteiger partial charge in [-0.15, -0.1) is 0 Å². The summed E-state index contributed by atoms with van der Waals surface area (Å²) in [6.07, 6.45) is 6.63. The van der Waals surface area contributed by atoms with Gasteiger partial charge in [0.05, 0.1) is 0 Å². The van der Waals surface area contributed by atoms with Crippen LogP contribution in [0.5, 0.6) is 0 Å². The summed E-state index contributed by atoms with van der Waals surface area (Å²) in [6.45, 7) is 7.80. The van der Waals surface area contributed by atoms with Crippen molar-refractivity contribution in [3.05, 3.63) is 11.6 Å². The molecule has 13 heavy (non-hydrogen) atoms. The Kier molecular flexibility index (Phi) is 6.56. The number of ketones is 1. The van der Waals surface area contributed by atoms with Gasteiger partial charge in [-0.05, 0) is 39.5 Å². The average molecular weight is 182 g/mol. The van der Waals surface area contributed by atoms with E-state index in [0.29, 0.717) is 11.7 Å². The Bertz CT molecular complexity index is 170. The van der Waals surface area contributed by atoms with Crippen molar-refractivity contribution in [1.29, 1.82) is 0 Å². The monoisotopic (exact) mass is 182 g/mol. The summed E-state index contributed by atoms with van der Waals surface area (Å²) in [4.78, 5) is 11.0. The van der Waals surface area contributed by atoms with Gasteiger partial charge in [0, 0.05) is 5.92 Å². The lowest BCUT2D eigenvalue weighted by molar-refractivity contribution is -0.121. The number of rotatable bonds is 1. The molecule has 0 aromatic carbocycles. The fourth-order valence-electron chi connectivity index (χ4n) is 1.68. The van der Waals surface area contributed by atoms with Crippen LogP contribution in [0, 0.1) is 5.92 Å². The normalized spacial score (nSPS) is 21.5. The molecular formula is C12H22O. The molecule has 0 amide bonds. The Morgan fingerprint density at radius 2 is 1.77 bits per heavy atom. The fourth-order valence-corrected chi connectivity index (χ4v) is 1.68. The van der Waals surface area contributed by atoms with Crippen molar-refractivity contribution in [1.82, 2.24) is 0 Å². The smallest absolute Gasteiger partial charge is 0.132 e. The second-order valence-electron chi connectivity index (χ2n) is 3.33. The van der Waals surface area contributed by atoms with E-state index in [1.165, 1.54) is 5.57 Å². The van der Waals surface area contributed by atoms with Gasteiger partial charge in [-0.1, -0.05) is 25.5 Å². The molecule has 1 rings (SSSR count). The molecule has 0 unspecified atom stereocenters. The third kappa shape index (κ3) is 4.25. The Morgan fingerprint density at radius 3 is 2.08 bits per heavy atom. The summed E-state index contributed by atoms with van der Waals surface area (Å²) in [5.74, 6) is 0.735. The lowest BCUT2D eigenvalue weighted by atomic mass is 9.84. The molecule has 0 aliphatic heterocycles. The third-order valence-corrected chi connectivity index (χ3v) is 2.61. The van der Waals surface area contributed by atoms with Gasteiger partial charge in [0.1, 0.15) is 5.78 Å². The van der Waals surface area contributed by atoms with Crippen molar-refractivity contribution in [3.63, 3.8) is 0 Å². The van der Waals surface area contributed by atoms with E-state index in [4.69, 9.17) is 0 Å². The summed E-state index contributed by atoms with van der Waals surface area (Å²) in [5, 5.41) is 0. The van der Waals surface area contributed by atoms with Crippen LogP contribution >= 0.6 is 0 Å². The zero-order chi connectivity index (χ0) is 10.3. The van der Waals surface area contributed by atoms with Gasteiger partial charge in [-0.25, -0.2) is 0 Å². The number of Topliss-reactive ketones (excluding diaryl/α,β-unsaturated/α-hetero) is 1. The van der Waals surface area contributed by atoms with Gasteiger partial charge in [-0.3, -0.25) is 4.79 Å². The minimum atomic E-state index is 0.360. The molecule has 0 aromatic rings. The molecule has 1 saturated carbocycles. The average Bonchev–Trinajstić information content (AvgIpc) is 2.21. The van der Waals surface area contributed by atoms with Crippen molar-refractivity contribution < 1.29 is 4.79 Å². The number of carbonyl (C=O) groups excluding carboxylic acids is 1. The number of allylic oxidation sites excluding steroid dienone is 2. The summed E-state index contributed by atoms with van der Waals surface area (Å²) in [5.41, 5.74) is 1.53. The molecule has 0 spiro atoms. The highest BCUT2D eigenvalue weighted by atomic mass is 16.1. The molecule has 0 radical (unpaired) electrons. The van der Waals surface area contributed by atoms with Gasteiger partial charge in [0.2, 0.25) is 0 Å². The molecule has 0 aromatic heterocycles. The number of carbonyl (C=O) groups is 1. The van der Waals surface area contributed by atoms with Gasteiger partial charge < -0.3 is 0 Å². The maximum Gasteiger partial charge on any atom is 0.132 e. The number of hydrogen-bond donors (Lipinski definition) is 0. The van der Waals surface area contributed by atoms with Crippen molar-refractivity contribution >= 4 is 5.78 Å². The van der Waals surface area contributed by atoms with Crippen LogP contribution in [-0.4, -0.2) is 5.78 Å². The highest BCUT2D eigenvalue weighted by molar-refractivity contribution is 5.78. The first kappa shape index (κ1) is 12.4. The van der Waals surface area contributed by atoms with Crippen molar-refractivity contribution in [2.45, 2.75) is 53.4 Å². The van der Waals surface area contributed by atoms with E-state index >= 15 is 0 Å². The highest BCUT2D eigenvalue weighted by Gasteiger charge is 2.19. The summed E-state index contributed by atoms with van der Waals surface area (Å²) in [7, 11) is 0. The second-order valence-corrected chi connectivity index (χ2v) is 3.33. The van der Waals surface area contributed by atoms with Crippen molar-refractivity contribution in [2.75, 3.05) is 0 Å². The second kappa shape index (κ2) is 6.88. The zero-order valence-corrected chi connectivity index (χ0v) is 9.39. The third-order valence-electron chi connectivity index (χ3n) is 2.61. The molecule has 1 heteroatoms. The predicted molar refractivity (Wildman–Crippen MR) is 57.7 cm³/mol. The first-order valence-electron chi connectivity index (χ1n) is 5.38. The summed E-state index contributed by atoms with van der Waals surface area (Å²) < 4.78 is 0. The van der Waals surface area contributed by atoms with E-state index in [1.807, 2.05) is 13.8 Å². The van der Waals surface area contributed by atoms with Crippen LogP contribution < -0.4 is 0 Å². The van der Waals surface area contributed by atoms with Crippen LogP contribution in [0.2, 0.25) is 0 Å². The Labute approximate surface area is 82.2 Å². The Morgan fingerprint density at radius 1 is 1.31 bits per heavy atom. The van der Waals surface area contributed by atoms with E-state index in [9.17, 15) is 4.79 Å². The SMILES string of the molecule is CC.CC=C1CCC(C(C)=O)CC1. The first-order valence-corrected chi connectivity index (χ1v) is 5.38. The van der Waals surface area contributed by atoms with Gasteiger partial charge in [0.25, 0.3) is 0 Å². The highest BCUT2D eigenvalue weighted by Crippen LogP contribution is 2.28. The van der Waals surface area contributed by atoms with E-state index in [1.54, 1.807) is 6.92 Å². The van der Waals surface area contributed by atoms with E-state index < -0.39 is 0 Å². The predicted octanol–water partition coefficient (Wildman–Crippen LogP) is 3.74. The Balaban J connectivity index is 0.000000671. The van der Waals surface area contributed by atoms with Crippen LogP contribution in [0.1, 0.15) is 53.4 Å². The van der Waals surface area contributed by atoms with E-state index in [0.717, 1.165) is 25.7 Å². The van der Waals surface area contributed by atoms with E-state index in [2.05, 4.69) is 13.0 Å². The van der Waals surface area contributed by atoms with Crippen LogP contribution in [0.3, 0.4) is 0 Å². The lowest BCUT2D eigenvalue weighted by Crippen LogP contribution is -2.15. The molecule has 0 saturated heterocycles. The standard InChI is InChI=1S/C10H16O.C2H6/c1-3-9-4-6-10(7-5-9)8(2)11;1-2/h3,10H,4-7H2,1-2H3;1-2H3. The topological polar surface area (TPSA) is 17.1 Å². The largest absolute Gasteiger partial charge is 0.300 e. The molecule has 0 atom stereocenters. The minimum absolute atomic E-state index is 0.360. The quantitative estimate of drug-likeness (QED) is 0.565. The molecule has 1 aliphatic rings. The Hall–Kier alpha value is -0.590. The number of hydrogen-bond acceptors (Lipinski definition) is 1. The molecule has 0 heterocycles. The molecule has 76 valence electrons. The first-order chi connectivity index (χ1) is 6.24. The van der Waals surface area contributed by atoms with Crippen LogP contribution in [0.25, 0.3) is 0 Å². The zero-order valence-electron chi connectivity index (χ0n) is 9.39. The maximum atomic E-state index is 11.0. The van der Waals surface area contributed by atoms with E-state index in [-0.39, 0.29) is 0 Å². The fraction of sp³-hybridized carbons (Fsp3) is 0.750. The molecule has 1 nitrogen and oxygen atoms in total. The molecule has 0 bridgehead atoms. The van der Waals surface area contributed by atoms with Crippen LogP contribution in [-0.2, 0) is 4.79 Å². The molecule has 0 N–H and O–H groups in total. The van der Waals surface area contributed by atoms with Gasteiger partial charge >= 0.3 is 0 Å². The van der Waals surface area contributed by atoms with Gasteiger partial charge in [0.15, 0.2) is 0 Å². The maximum absolute atomic E-state index is 11.0. The molecule has 1 aliphatic carbocycles. The van der Waals surface area contributed by atoms with Crippen LogP contribution in [0.15, 0.2) is 11.6 Å². The molecule has 1 fully saturated rings. The molecular weight excluding hydrogens is 160 g/mol. The lowest BCUT2D eigenvalue weighted by Gasteiger charge is -2.21. The summed E-state index contributed by atoms with van der Waals surface area (Å²) >= 11 is 0. The summed E-state index contributed by atoms with van der Waals surface area (Å²) in [6, 6.07) is 0. The minimum Gasteiger partial charge on any atom is -0.300 e. The van der Waals surface area contributed by atoms with Crippen LogP contribution in [0.4, 0.5) is 0 Å².